The number of nitrogens with zero attached hydrogens (tertiary/aromatic N) is 3. The van der Waals surface area contributed by atoms with Gasteiger partial charge in [0.05, 0.1) is 11.8 Å². The Balaban J connectivity index is 0.000000245. The maximum Gasteiger partial charge on any atom is 0.141 e. The van der Waals surface area contributed by atoms with E-state index in [1.165, 1.54) is 0 Å². The van der Waals surface area contributed by atoms with Gasteiger partial charge in [0.1, 0.15) is 12.0 Å². The average molecular weight is 325 g/mol. The monoisotopic (exact) mass is 325 g/mol. The molecule has 0 aromatic carbocycles. The summed E-state index contributed by atoms with van der Waals surface area (Å²) in [7, 11) is 0. The van der Waals surface area contributed by atoms with Gasteiger partial charge in [0.2, 0.25) is 0 Å². The zero-order valence-electron chi connectivity index (χ0n) is 15.1. The summed E-state index contributed by atoms with van der Waals surface area (Å²) in [5.74, 6) is 0. The Labute approximate surface area is 144 Å². The largest absolute Gasteiger partial charge is 0.346 e. The van der Waals surface area contributed by atoms with Crippen molar-refractivity contribution >= 4 is 16.6 Å². The van der Waals surface area contributed by atoms with Crippen molar-refractivity contribution in [1.82, 2.24) is 20.3 Å². The molecule has 1 saturated heterocycles. The number of hydrogen-bond acceptors (Lipinski definition) is 4. The molecule has 2 N–H and O–H groups in total. The molecule has 128 valence electrons. The zero-order chi connectivity index (χ0) is 18.0. The molecule has 0 aliphatic carbocycles. The number of allylic oxidation sites excluding steroid dienone is 3. The molecule has 2 aromatic heterocycles. The van der Waals surface area contributed by atoms with Crippen molar-refractivity contribution in [3.8, 4) is 6.07 Å². The number of aromatic amines is 1. The number of rotatable bonds is 3. The van der Waals surface area contributed by atoms with Crippen LogP contribution in [0, 0.1) is 16.7 Å². The molecule has 5 nitrogen and oxygen atoms in total. The Bertz CT molecular complexity index is 717. The molecule has 0 amide bonds. The van der Waals surface area contributed by atoms with Crippen LogP contribution in [-0.4, -0.2) is 28.0 Å². The van der Waals surface area contributed by atoms with Crippen molar-refractivity contribution in [2.75, 3.05) is 13.1 Å². The van der Waals surface area contributed by atoms with Crippen molar-refractivity contribution in [1.29, 1.82) is 5.26 Å². The van der Waals surface area contributed by atoms with Crippen molar-refractivity contribution in [2.24, 2.45) is 5.41 Å². The van der Waals surface area contributed by atoms with Gasteiger partial charge in [-0.25, -0.2) is 9.97 Å². The van der Waals surface area contributed by atoms with E-state index in [-0.39, 0.29) is 0 Å². The van der Waals surface area contributed by atoms with Crippen LogP contribution in [0.1, 0.15) is 39.8 Å². The second-order valence-electron chi connectivity index (χ2n) is 5.66. The van der Waals surface area contributed by atoms with E-state index >= 15 is 0 Å². The van der Waals surface area contributed by atoms with Crippen molar-refractivity contribution in [3.05, 3.63) is 43.0 Å². The van der Waals surface area contributed by atoms with E-state index in [2.05, 4.69) is 39.8 Å². The van der Waals surface area contributed by atoms with Crippen molar-refractivity contribution in [3.63, 3.8) is 0 Å². The highest BCUT2D eigenvalue weighted by molar-refractivity contribution is 5.90. The number of fused-ring (bicyclic) bond motifs is 1. The van der Waals surface area contributed by atoms with E-state index in [1.54, 1.807) is 12.4 Å². The second-order valence-corrected chi connectivity index (χ2v) is 5.66. The van der Waals surface area contributed by atoms with Crippen molar-refractivity contribution < 1.29 is 0 Å². The van der Waals surface area contributed by atoms with Crippen LogP contribution in [0.15, 0.2) is 37.3 Å². The van der Waals surface area contributed by atoms with Crippen LogP contribution in [-0.2, 0) is 0 Å². The lowest BCUT2D eigenvalue weighted by molar-refractivity contribution is 0.203. The summed E-state index contributed by atoms with van der Waals surface area (Å²) in [4.78, 5) is 11.4. The average Bonchev–Trinajstić information content (AvgIpc) is 3.07. The van der Waals surface area contributed by atoms with Gasteiger partial charge in [0.15, 0.2) is 0 Å². The normalized spacial score (nSPS) is 15.0. The third kappa shape index (κ3) is 4.77. The molecule has 1 fully saturated rings. The minimum Gasteiger partial charge on any atom is -0.346 e. The fraction of sp³-hybridized carbons (Fsp3) is 0.421. The fourth-order valence-corrected chi connectivity index (χ4v) is 2.32. The zero-order valence-corrected chi connectivity index (χ0v) is 15.1. The number of nitriles is 1. The van der Waals surface area contributed by atoms with Gasteiger partial charge in [-0.15, -0.1) is 0 Å². The van der Waals surface area contributed by atoms with Gasteiger partial charge in [-0.1, -0.05) is 39.5 Å². The number of H-pyrrole nitrogens is 1. The summed E-state index contributed by atoms with van der Waals surface area (Å²) in [6.07, 6.45) is 7.90. The maximum absolute atomic E-state index is 8.29. The van der Waals surface area contributed by atoms with Gasteiger partial charge in [-0.05, 0) is 18.6 Å². The Morgan fingerprint density at radius 2 is 2.12 bits per heavy atom. The summed E-state index contributed by atoms with van der Waals surface area (Å²) in [6, 6.07) is 4.14. The summed E-state index contributed by atoms with van der Waals surface area (Å²) in [5, 5.41) is 12.5. The molecule has 24 heavy (non-hydrogen) atoms. The van der Waals surface area contributed by atoms with Gasteiger partial charge < -0.3 is 10.3 Å². The lowest BCUT2D eigenvalue weighted by Gasteiger charge is -2.37. The van der Waals surface area contributed by atoms with E-state index in [1.807, 2.05) is 39.1 Å². The molecule has 3 rings (SSSR count). The minimum atomic E-state index is 0.300. The van der Waals surface area contributed by atoms with E-state index in [9.17, 15) is 0 Å². The fourth-order valence-electron chi connectivity index (χ4n) is 2.32. The molecule has 0 saturated carbocycles. The van der Waals surface area contributed by atoms with Gasteiger partial charge in [0.25, 0.3) is 0 Å². The summed E-state index contributed by atoms with van der Waals surface area (Å²) < 4.78 is 0. The van der Waals surface area contributed by atoms with Gasteiger partial charge >= 0.3 is 0 Å². The van der Waals surface area contributed by atoms with Gasteiger partial charge in [0, 0.05) is 36.5 Å². The summed E-state index contributed by atoms with van der Waals surface area (Å²) in [6.45, 7) is 13.9. The van der Waals surface area contributed by atoms with E-state index in [0.717, 1.165) is 35.4 Å². The first-order chi connectivity index (χ1) is 11.6. The molecular weight excluding hydrogens is 298 g/mol. The van der Waals surface area contributed by atoms with Crippen LogP contribution in [0.4, 0.5) is 0 Å². The SMILES string of the molecule is C=C/C(=C\C)c1ncnc2[nH]ccc12.CC.CC1(CC#N)CNC1. The van der Waals surface area contributed by atoms with Gasteiger partial charge in [-0.3, -0.25) is 0 Å². The molecule has 0 radical (unpaired) electrons. The van der Waals surface area contributed by atoms with Crippen LogP contribution >= 0.6 is 0 Å². The number of hydrogen-bond donors (Lipinski definition) is 2. The first kappa shape index (κ1) is 19.6. The first-order valence-corrected chi connectivity index (χ1v) is 8.28. The Morgan fingerprint density at radius 3 is 2.58 bits per heavy atom. The highest BCUT2D eigenvalue weighted by atomic mass is 15.0. The first-order valence-electron chi connectivity index (χ1n) is 8.28. The molecule has 2 aromatic rings. The smallest absolute Gasteiger partial charge is 0.141 e. The Kier molecular flexibility index (Phi) is 7.87. The molecular formula is C19H27N5. The molecule has 0 spiro atoms. The Hall–Kier alpha value is -2.45. The molecule has 0 unspecified atom stereocenters. The Morgan fingerprint density at radius 1 is 1.42 bits per heavy atom. The van der Waals surface area contributed by atoms with Crippen LogP contribution in [0.5, 0.6) is 0 Å². The molecule has 3 heterocycles. The lowest BCUT2D eigenvalue weighted by Crippen LogP contribution is -2.51. The highest BCUT2D eigenvalue weighted by Gasteiger charge is 2.30. The molecule has 0 atom stereocenters. The maximum atomic E-state index is 8.29. The van der Waals surface area contributed by atoms with Crippen LogP contribution in [0.25, 0.3) is 16.6 Å². The highest BCUT2D eigenvalue weighted by Crippen LogP contribution is 2.24. The topological polar surface area (TPSA) is 77.4 Å². The predicted octanol–water partition coefficient (Wildman–Crippen LogP) is 4.08. The summed E-state index contributed by atoms with van der Waals surface area (Å²) >= 11 is 0. The minimum absolute atomic E-state index is 0.300. The molecule has 5 heteroatoms. The van der Waals surface area contributed by atoms with Gasteiger partial charge in [-0.2, -0.15) is 5.26 Å². The van der Waals surface area contributed by atoms with Crippen LogP contribution < -0.4 is 5.32 Å². The lowest BCUT2D eigenvalue weighted by atomic mass is 9.82. The number of nitrogens with one attached hydrogen (secondary N) is 2. The third-order valence-corrected chi connectivity index (χ3v) is 3.77. The molecule has 1 aliphatic heterocycles. The van der Waals surface area contributed by atoms with E-state index < -0.39 is 0 Å². The van der Waals surface area contributed by atoms with Crippen LogP contribution in [0.2, 0.25) is 0 Å². The predicted molar refractivity (Wildman–Crippen MR) is 100 cm³/mol. The quantitative estimate of drug-likeness (QED) is 0.833. The standard InChI is InChI=1S/C11H11N3.C6H10N2.C2H6/c1-3-8(4-2)10-9-5-6-12-11(9)14-7-13-10;1-6(2-3-7)4-8-5-6;1-2/h3-7H,1H2,2H3,(H,12,13,14);8H,2,4-5H2,1H3;1-2H3/b8-4+;;. The number of aromatic nitrogens is 3. The molecule has 1 aliphatic rings. The van der Waals surface area contributed by atoms with Crippen molar-refractivity contribution in [2.45, 2.75) is 34.1 Å². The van der Waals surface area contributed by atoms with E-state index in [0.29, 0.717) is 11.8 Å². The molecule has 0 bridgehead atoms. The second kappa shape index (κ2) is 9.64. The van der Waals surface area contributed by atoms with Crippen LogP contribution in [0.3, 0.4) is 0 Å². The summed E-state index contributed by atoms with van der Waals surface area (Å²) in [5.41, 5.74) is 3.11. The third-order valence-electron chi connectivity index (χ3n) is 3.77. The van der Waals surface area contributed by atoms with E-state index in [4.69, 9.17) is 5.26 Å².